The van der Waals surface area contributed by atoms with Crippen LogP contribution in [0.25, 0.3) is 5.57 Å². The fourth-order valence-corrected chi connectivity index (χ4v) is 2.11. The first-order valence-electron chi connectivity index (χ1n) is 6.88. The largest absolute Gasteiger partial charge is 0.383 e. The van der Waals surface area contributed by atoms with Gasteiger partial charge in [0.25, 0.3) is 0 Å². The van der Waals surface area contributed by atoms with E-state index in [1.54, 1.807) is 25.3 Å². The van der Waals surface area contributed by atoms with Crippen LogP contribution in [-0.2, 0) is 0 Å². The highest BCUT2D eigenvalue weighted by molar-refractivity contribution is 6.44. The van der Waals surface area contributed by atoms with E-state index in [2.05, 4.69) is 24.7 Å². The molecule has 3 nitrogen and oxygen atoms in total. The van der Waals surface area contributed by atoms with Crippen molar-refractivity contribution in [1.29, 1.82) is 5.41 Å². The first kappa shape index (κ1) is 18.4. The Balaban J connectivity index is 3.37. The maximum atomic E-state index is 8.32. The van der Waals surface area contributed by atoms with Gasteiger partial charge in [0.15, 0.2) is 0 Å². The summed E-state index contributed by atoms with van der Waals surface area (Å²) < 4.78 is 0. The van der Waals surface area contributed by atoms with Gasteiger partial charge in [0.2, 0.25) is 0 Å². The summed E-state index contributed by atoms with van der Waals surface area (Å²) in [5, 5.41) is 8.60. The summed E-state index contributed by atoms with van der Waals surface area (Å²) in [6.07, 6.45) is 4.95. The van der Waals surface area contributed by atoms with Gasteiger partial charge in [0.05, 0.1) is 16.3 Å². The average molecular weight is 326 g/mol. The Bertz CT molecular complexity index is 722. The molecular formula is C19H20ClN3. The van der Waals surface area contributed by atoms with Crippen LogP contribution in [0.5, 0.6) is 0 Å². The number of hydrogen-bond acceptors (Lipinski definition) is 2. The predicted octanol–water partition coefficient (Wildman–Crippen LogP) is 4.50. The predicted molar refractivity (Wildman–Crippen MR) is 102 cm³/mol. The lowest BCUT2D eigenvalue weighted by atomic mass is 9.97. The van der Waals surface area contributed by atoms with Crippen LogP contribution in [0, 0.1) is 5.41 Å². The van der Waals surface area contributed by atoms with E-state index in [0.29, 0.717) is 16.7 Å². The Morgan fingerprint density at radius 3 is 2.39 bits per heavy atom. The SMILES string of the molecule is C=C/C=C\C(=C)C(=N)/C(C(N)=NC)=C(\Cl)C(=C)c1ccccc1. The van der Waals surface area contributed by atoms with Gasteiger partial charge in [-0.2, -0.15) is 0 Å². The molecule has 0 amide bonds. The van der Waals surface area contributed by atoms with Crippen molar-refractivity contribution in [3.8, 4) is 0 Å². The van der Waals surface area contributed by atoms with Crippen molar-refractivity contribution in [2.45, 2.75) is 0 Å². The molecule has 3 N–H and O–H groups in total. The summed E-state index contributed by atoms with van der Waals surface area (Å²) in [4.78, 5) is 3.95. The lowest BCUT2D eigenvalue weighted by Gasteiger charge is -2.14. The molecule has 23 heavy (non-hydrogen) atoms. The number of amidine groups is 1. The number of halogens is 1. The smallest absolute Gasteiger partial charge is 0.129 e. The molecule has 0 atom stereocenters. The fraction of sp³-hybridized carbons (Fsp3) is 0.0526. The van der Waals surface area contributed by atoms with E-state index in [0.717, 1.165) is 5.56 Å². The summed E-state index contributed by atoms with van der Waals surface area (Å²) >= 11 is 6.47. The van der Waals surface area contributed by atoms with Crippen LogP contribution in [0.3, 0.4) is 0 Å². The number of rotatable bonds is 7. The number of nitrogens with two attached hydrogens (primary N) is 1. The molecule has 0 saturated heterocycles. The third-order valence-electron chi connectivity index (χ3n) is 3.11. The topological polar surface area (TPSA) is 62.2 Å². The quantitative estimate of drug-likeness (QED) is 0.433. The molecule has 0 spiro atoms. The molecule has 0 aliphatic carbocycles. The van der Waals surface area contributed by atoms with Gasteiger partial charge in [0.1, 0.15) is 5.84 Å². The molecular weight excluding hydrogens is 306 g/mol. The van der Waals surface area contributed by atoms with Crippen LogP contribution in [0.2, 0.25) is 0 Å². The van der Waals surface area contributed by atoms with E-state index in [9.17, 15) is 0 Å². The molecule has 4 heteroatoms. The van der Waals surface area contributed by atoms with E-state index in [1.807, 2.05) is 30.3 Å². The average Bonchev–Trinajstić information content (AvgIpc) is 2.59. The van der Waals surface area contributed by atoms with Crippen LogP contribution in [0.15, 0.2) is 89.5 Å². The minimum absolute atomic E-state index is 0.0910. The minimum atomic E-state index is 0.0910. The van der Waals surface area contributed by atoms with Crippen LogP contribution >= 0.6 is 11.6 Å². The molecule has 0 aliphatic rings. The van der Waals surface area contributed by atoms with Gasteiger partial charge in [-0.05, 0) is 16.7 Å². The van der Waals surface area contributed by atoms with E-state index in [1.165, 1.54) is 0 Å². The van der Waals surface area contributed by atoms with Crippen molar-refractivity contribution >= 4 is 28.7 Å². The van der Waals surface area contributed by atoms with Gasteiger partial charge in [-0.1, -0.05) is 79.9 Å². The molecule has 0 heterocycles. The number of hydrogen-bond donors (Lipinski definition) is 2. The maximum Gasteiger partial charge on any atom is 0.129 e. The zero-order valence-corrected chi connectivity index (χ0v) is 13.9. The molecule has 0 aromatic heterocycles. The van der Waals surface area contributed by atoms with Gasteiger partial charge in [-0.3, -0.25) is 10.4 Å². The number of benzene rings is 1. The summed E-state index contributed by atoms with van der Waals surface area (Å²) in [5.74, 6) is 0.158. The highest BCUT2D eigenvalue weighted by atomic mass is 35.5. The van der Waals surface area contributed by atoms with Gasteiger partial charge in [-0.25, -0.2) is 0 Å². The molecule has 0 unspecified atom stereocenters. The highest BCUT2D eigenvalue weighted by Gasteiger charge is 2.18. The monoisotopic (exact) mass is 325 g/mol. The summed E-state index contributed by atoms with van der Waals surface area (Å²) in [6.45, 7) is 11.4. The van der Waals surface area contributed by atoms with Gasteiger partial charge in [-0.15, -0.1) is 0 Å². The maximum absolute atomic E-state index is 8.32. The number of allylic oxidation sites excluding steroid dienone is 6. The third-order valence-corrected chi connectivity index (χ3v) is 3.53. The van der Waals surface area contributed by atoms with Gasteiger partial charge < -0.3 is 5.73 Å². The Labute approximate surface area is 142 Å². The highest BCUT2D eigenvalue weighted by Crippen LogP contribution is 2.28. The van der Waals surface area contributed by atoms with Crippen LogP contribution in [-0.4, -0.2) is 18.6 Å². The van der Waals surface area contributed by atoms with Crippen molar-refractivity contribution in [2.75, 3.05) is 7.05 Å². The number of aliphatic imine (C=N–C) groups is 1. The summed E-state index contributed by atoms with van der Waals surface area (Å²) in [5.41, 5.74) is 8.20. The minimum Gasteiger partial charge on any atom is -0.383 e. The molecule has 0 fully saturated rings. The second kappa shape index (κ2) is 8.71. The van der Waals surface area contributed by atoms with Crippen molar-refractivity contribution < 1.29 is 0 Å². The van der Waals surface area contributed by atoms with Crippen molar-refractivity contribution in [3.05, 3.63) is 90.0 Å². The molecule has 1 aromatic carbocycles. The van der Waals surface area contributed by atoms with E-state index in [4.69, 9.17) is 22.7 Å². The molecule has 0 radical (unpaired) electrons. The van der Waals surface area contributed by atoms with Crippen molar-refractivity contribution in [3.63, 3.8) is 0 Å². The van der Waals surface area contributed by atoms with E-state index >= 15 is 0 Å². The molecule has 0 bridgehead atoms. The second-order valence-corrected chi connectivity index (χ2v) is 5.02. The number of nitrogens with zero attached hydrogens (tertiary/aromatic N) is 1. The second-order valence-electron chi connectivity index (χ2n) is 4.64. The van der Waals surface area contributed by atoms with E-state index in [-0.39, 0.29) is 16.6 Å². The Kier molecular flexibility index (Phi) is 6.97. The van der Waals surface area contributed by atoms with Crippen molar-refractivity contribution in [2.24, 2.45) is 10.7 Å². The Hall–Kier alpha value is -2.65. The lowest BCUT2D eigenvalue weighted by Crippen LogP contribution is -2.23. The molecule has 0 aliphatic heterocycles. The van der Waals surface area contributed by atoms with Crippen LogP contribution < -0.4 is 5.73 Å². The summed E-state index contributed by atoms with van der Waals surface area (Å²) in [7, 11) is 1.54. The zero-order chi connectivity index (χ0) is 17.4. The van der Waals surface area contributed by atoms with Gasteiger partial charge in [0, 0.05) is 7.05 Å². The van der Waals surface area contributed by atoms with Crippen LogP contribution in [0.1, 0.15) is 5.56 Å². The van der Waals surface area contributed by atoms with Gasteiger partial charge >= 0.3 is 0 Å². The molecule has 118 valence electrons. The Morgan fingerprint density at radius 2 is 1.87 bits per heavy atom. The molecule has 1 aromatic rings. The van der Waals surface area contributed by atoms with E-state index < -0.39 is 0 Å². The lowest BCUT2D eigenvalue weighted by molar-refractivity contribution is 1.38. The fourth-order valence-electron chi connectivity index (χ4n) is 1.81. The first-order chi connectivity index (χ1) is 10.9. The third kappa shape index (κ3) is 4.66. The standard InChI is InChI=1S/C19H20ClN3/c1-5-6-10-13(2)18(21)16(19(22)23-4)17(20)14(3)15-11-8-7-9-12-15/h5-12,21H,1-3H2,4H3,(H2,22,23)/b10-6-,17-16+,21-18?. The number of nitrogens with one attached hydrogen (secondary N) is 1. The molecule has 1 rings (SSSR count). The zero-order valence-electron chi connectivity index (χ0n) is 13.1. The first-order valence-corrected chi connectivity index (χ1v) is 7.26. The van der Waals surface area contributed by atoms with Crippen molar-refractivity contribution in [1.82, 2.24) is 0 Å². The summed E-state index contributed by atoms with van der Waals surface area (Å²) in [6, 6.07) is 9.45. The normalized spacial score (nSPS) is 12.7. The van der Waals surface area contributed by atoms with Crippen LogP contribution in [0.4, 0.5) is 0 Å². The molecule has 0 saturated carbocycles. The Morgan fingerprint density at radius 1 is 1.26 bits per heavy atom.